The van der Waals surface area contributed by atoms with Gasteiger partial charge in [-0.15, -0.1) is 11.3 Å². The van der Waals surface area contributed by atoms with Crippen molar-refractivity contribution in [2.45, 2.75) is 19.5 Å². The van der Waals surface area contributed by atoms with Gasteiger partial charge >= 0.3 is 6.55 Å². The number of thiazole rings is 1. The fourth-order valence-corrected chi connectivity index (χ4v) is 5.49. The molecule has 0 radical (unpaired) electrons. The smallest absolute Gasteiger partial charge is 0.333 e. The Hall–Kier alpha value is -4.24. The van der Waals surface area contributed by atoms with Crippen LogP contribution in [-0.4, -0.2) is 84.5 Å². The number of halogens is 2. The van der Waals surface area contributed by atoms with Gasteiger partial charge in [-0.2, -0.15) is 23.8 Å². The van der Waals surface area contributed by atoms with Gasteiger partial charge in [0.2, 0.25) is 11.9 Å². The number of amides is 1. The van der Waals surface area contributed by atoms with Crippen LogP contribution in [-0.2, 0) is 16.1 Å². The Kier molecular flexibility index (Phi) is 7.21. The Morgan fingerprint density at radius 3 is 2.83 bits per heavy atom. The zero-order valence-corrected chi connectivity index (χ0v) is 22.2. The molecule has 1 saturated heterocycles. The fourth-order valence-electron chi connectivity index (χ4n) is 4.60. The van der Waals surface area contributed by atoms with E-state index in [4.69, 9.17) is 14.7 Å². The van der Waals surface area contributed by atoms with E-state index < -0.39 is 6.55 Å². The third-order valence-corrected chi connectivity index (χ3v) is 7.73. The third kappa shape index (κ3) is 5.16. The molecule has 0 bridgehead atoms. The predicted molar refractivity (Wildman–Crippen MR) is 146 cm³/mol. The summed E-state index contributed by atoms with van der Waals surface area (Å²) in [6.07, 6.45) is 10.2. The summed E-state index contributed by atoms with van der Waals surface area (Å²) in [4.78, 5) is 35.4. The second kappa shape index (κ2) is 11.1. The van der Waals surface area contributed by atoms with Gasteiger partial charge in [0.05, 0.1) is 42.7 Å². The Labute approximate surface area is 231 Å². The Morgan fingerprint density at radius 1 is 1.20 bits per heavy atom. The standard InChI is InChI=1S/C25H26F2N10O2S/c1-2-20(38)35-5-3-4-16(13-35)18-11-28-19(40-18)12-29-22-21-23(33-25(32-22)34-6-8-39-9-7-34)36(15-30-21)17-10-31-37(14-17)24(26)27/h2,4,10-11,14-15,24H,1,3,5-9,12-13H2,(H,29,32,33). The maximum absolute atomic E-state index is 13.2. The van der Waals surface area contributed by atoms with Crippen molar-refractivity contribution >= 4 is 45.7 Å². The van der Waals surface area contributed by atoms with Crippen molar-refractivity contribution in [1.82, 2.24) is 39.2 Å². The summed E-state index contributed by atoms with van der Waals surface area (Å²) >= 11 is 1.54. The summed E-state index contributed by atoms with van der Waals surface area (Å²) in [7, 11) is 0. The lowest BCUT2D eigenvalue weighted by atomic mass is 10.1. The second-order valence-electron chi connectivity index (χ2n) is 9.17. The third-order valence-electron chi connectivity index (χ3n) is 6.66. The van der Waals surface area contributed by atoms with Crippen molar-refractivity contribution in [3.8, 4) is 5.69 Å². The quantitative estimate of drug-likeness (QED) is 0.320. The maximum Gasteiger partial charge on any atom is 0.333 e. The van der Waals surface area contributed by atoms with Gasteiger partial charge in [-0.05, 0) is 18.1 Å². The van der Waals surface area contributed by atoms with E-state index >= 15 is 0 Å². The monoisotopic (exact) mass is 568 g/mol. The minimum Gasteiger partial charge on any atom is -0.378 e. The van der Waals surface area contributed by atoms with Crippen LogP contribution >= 0.6 is 11.3 Å². The van der Waals surface area contributed by atoms with Crippen LogP contribution in [0.1, 0.15) is 22.9 Å². The molecule has 0 atom stereocenters. The number of hydrogen-bond acceptors (Lipinski definition) is 10. The lowest BCUT2D eigenvalue weighted by Gasteiger charge is -2.27. The zero-order chi connectivity index (χ0) is 27.6. The number of fused-ring (bicyclic) bond motifs is 1. The first-order chi connectivity index (χ1) is 19.5. The van der Waals surface area contributed by atoms with Crippen LogP contribution < -0.4 is 10.2 Å². The number of carbonyl (C=O) groups is 1. The van der Waals surface area contributed by atoms with E-state index in [2.05, 4.69) is 33.0 Å². The van der Waals surface area contributed by atoms with Gasteiger partial charge in [0.1, 0.15) is 11.3 Å². The van der Waals surface area contributed by atoms with E-state index in [-0.39, 0.29) is 5.91 Å². The molecule has 2 aliphatic heterocycles. The number of rotatable bonds is 8. The summed E-state index contributed by atoms with van der Waals surface area (Å²) in [5.41, 5.74) is 2.43. The minimum atomic E-state index is -2.75. The van der Waals surface area contributed by atoms with Crippen molar-refractivity contribution < 1.29 is 18.3 Å². The molecule has 0 saturated carbocycles. The van der Waals surface area contributed by atoms with E-state index in [1.54, 1.807) is 20.8 Å². The molecular formula is C25H26F2N10O2S. The van der Waals surface area contributed by atoms with Crippen molar-refractivity contribution in [1.29, 1.82) is 0 Å². The average Bonchev–Trinajstić information content (AvgIpc) is 3.76. The highest BCUT2D eigenvalue weighted by atomic mass is 32.1. The molecule has 40 heavy (non-hydrogen) atoms. The van der Waals surface area contributed by atoms with Gasteiger partial charge in [0.15, 0.2) is 17.0 Å². The first-order valence-corrected chi connectivity index (χ1v) is 13.5. The molecule has 208 valence electrons. The SMILES string of the molecule is C=CC(=O)N1CCC=C(c2cnc(CNc3nc(N4CCOCC4)nc4c3ncn4-c3cnn(C(F)F)c3)s2)C1. The number of carbonyl (C=O) groups excluding carboxylic acids is 1. The molecule has 15 heteroatoms. The van der Waals surface area contributed by atoms with Crippen LogP contribution in [0.25, 0.3) is 22.4 Å². The number of nitrogens with zero attached hydrogens (tertiary/aromatic N) is 9. The number of alkyl halides is 2. The lowest BCUT2D eigenvalue weighted by Crippen LogP contribution is -2.37. The molecule has 2 aliphatic rings. The molecule has 1 amide bonds. The molecular weight excluding hydrogens is 542 g/mol. The molecule has 0 spiro atoms. The van der Waals surface area contributed by atoms with E-state index in [9.17, 15) is 13.6 Å². The number of imidazole rings is 1. The lowest BCUT2D eigenvalue weighted by molar-refractivity contribution is -0.125. The summed E-state index contributed by atoms with van der Waals surface area (Å²) < 4.78 is 34.0. The number of anilines is 2. The van der Waals surface area contributed by atoms with E-state index in [0.717, 1.165) is 21.9 Å². The van der Waals surface area contributed by atoms with Crippen LogP contribution in [0.5, 0.6) is 0 Å². The van der Waals surface area contributed by atoms with E-state index in [1.165, 1.54) is 24.8 Å². The topological polar surface area (TPSA) is 119 Å². The summed E-state index contributed by atoms with van der Waals surface area (Å²) in [5, 5.41) is 7.93. The first kappa shape index (κ1) is 26.0. The molecule has 0 aromatic carbocycles. The average molecular weight is 569 g/mol. The molecule has 0 unspecified atom stereocenters. The van der Waals surface area contributed by atoms with Gasteiger partial charge in [-0.3, -0.25) is 9.36 Å². The van der Waals surface area contributed by atoms with E-state index in [0.29, 0.717) is 79.2 Å². The summed E-state index contributed by atoms with van der Waals surface area (Å²) in [5.74, 6) is 0.908. The molecule has 4 aromatic heterocycles. The van der Waals surface area contributed by atoms with Crippen LogP contribution in [0.3, 0.4) is 0 Å². The maximum atomic E-state index is 13.2. The largest absolute Gasteiger partial charge is 0.378 e. The number of aromatic nitrogens is 7. The Morgan fingerprint density at radius 2 is 2.05 bits per heavy atom. The molecule has 1 fully saturated rings. The highest BCUT2D eigenvalue weighted by molar-refractivity contribution is 7.12. The van der Waals surface area contributed by atoms with E-state index in [1.807, 2.05) is 11.1 Å². The van der Waals surface area contributed by atoms with Crippen LogP contribution in [0, 0.1) is 0 Å². The normalized spacial score (nSPS) is 16.0. The predicted octanol–water partition coefficient (Wildman–Crippen LogP) is 3.11. The van der Waals surface area contributed by atoms with Gasteiger partial charge < -0.3 is 19.9 Å². The molecule has 1 N–H and O–H groups in total. The molecule has 4 aromatic rings. The number of nitrogens with one attached hydrogen (secondary N) is 1. The molecule has 0 aliphatic carbocycles. The fraction of sp³-hybridized carbons (Fsp3) is 0.360. The molecule has 6 heterocycles. The second-order valence-corrected chi connectivity index (χ2v) is 10.3. The zero-order valence-electron chi connectivity index (χ0n) is 21.4. The minimum absolute atomic E-state index is 0.0816. The number of hydrogen-bond donors (Lipinski definition) is 1. The summed E-state index contributed by atoms with van der Waals surface area (Å²) in [6, 6.07) is 0. The van der Waals surface area contributed by atoms with Gasteiger partial charge in [-0.25, -0.2) is 14.6 Å². The number of ether oxygens (including phenoxy) is 1. The van der Waals surface area contributed by atoms with Crippen molar-refractivity contribution in [2.24, 2.45) is 0 Å². The van der Waals surface area contributed by atoms with Gasteiger partial charge in [0, 0.05) is 32.4 Å². The summed E-state index contributed by atoms with van der Waals surface area (Å²) in [6.45, 7) is 4.77. The molecule has 12 nitrogen and oxygen atoms in total. The van der Waals surface area contributed by atoms with Crippen molar-refractivity contribution in [2.75, 3.05) is 49.6 Å². The highest BCUT2D eigenvalue weighted by Crippen LogP contribution is 2.29. The Bertz CT molecular complexity index is 1570. The van der Waals surface area contributed by atoms with Crippen LogP contribution in [0.2, 0.25) is 0 Å². The Balaban J connectivity index is 1.27. The van der Waals surface area contributed by atoms with Crippen molar-refractivity contribution in [3.05, 3.63) is 53.5 Å². The highest BCUT2D eigenvalue weighted by Gasteiger charge is 2.22. The van der Waals surface area contributed by atoms with Crippen LogP contribution in [0.15, 0.2) is 43.6 Å². The van der Waals surface area contributed by atoms with Gasteiger partial charge in [0.25, 0.3) is 0 Å². The number of morpholine rings is 1. The first-order valence-electron chi connectivity index (χ1n) is 12.7. The van der Waals surface area contributed by atoms with Gasteiger partial charge in [-0.1, -0.05) is 12.7 Å². The van der Waals surface area contributed by atoms with Crippen molar-refractivity contribution in [3.63, 3.8) is 0 Å². The van der Waals surface area contributed by atoms with Crippen LogP contribution in [0.4, 0.5) is 20.5 Å². The molecule has 6 rings (SSSR count).